The molecule has 0 bridgehead atoms. The summed E-state index contributed by atoms with van der Waals surface area (Å²) in [5.74, 6) is -0.266. The second-order valence-electron chi connectivity index (χ2n) is 6.23. The maximum absolute atomic E-state index is 12.3. The number of amides is 1. The van der Waals surface area contributed by atoms with Crippen molar-refractivity contribution in [2.24, 2.45) is 0 Å². The molecule has 1 aliphatic rings. The van der Waals surface area contributed by atoms with Gasteiger partial charge in [0, 0.05) is 18.3 Å². The molecule has 2 aromatic heterocycles. The molecule has 0 spiro atoms. The quantitative estimate of drug-likeness (QED) is 0.776. The van der Waals surface area contributed by atoms with Crippen molar-refractivity contribution in [2.75, 3.05) is 13.1 Å². The number of rotatable bonds is 2. The standard InChI is InChI=1S/C15H18N4O5/c1-9-6-19(14(22)17-12(9)20)11-3-4-18(7-15(11,2)23)13(21)10-5-16-8-24-10/h5-6,8,11,23H,3-4,7H2,1-2H3,(H,17,20,22)/t11-,15-/m0/s1. The molecule has 0 unspecified atom stereocenters. The van der Waals surface area contributed by atoms with E-state index in [1.54, 1.807) is 13.8 Å². The van der Waals surface area contributed by atoms with E-state index in [9.17, 15) is 19.5 Å². The van der Waals surface area contributed by atoms with E-state index in [0.29, 0.717) is 18.5 Å². The number of aromatic nitrogens is 3. The fourth-order valence-corrected chi connectivity index (χ4v) is 3.07. The predicted octanol–water partition coefficient (Wildman–Crippen LogP) is -0.329. The van der Waals surface area contributed by atoms with Gasteiger partial charge in [0.2, 0.25) is 5.76 Å². The summed E-state index contributed by atoms with van der Waals surface area (Å²) < 4.78 is 6.32. The highest BCUT2D eigenvalue weighted by Crippen LogP contribution is 2.31. The average molecular weight is 334 g/mol. The lowest BCUT2D eigenvalue weighted by Crippen LogP contribution is -2.56. The Labute approximate surface area is 136 Å². The van der Waals surface area contributed by atoms with E-state index < -0.39 is 22.9 Å². The zero-order chi connectivity index (χ0) is 17.5. The molecule has 0 aliphatic carbocycles. The van der Waals surface area contributed by atoms with Crippen LogP contribution in [0.5, 0.6) is 0 Å². The Morgan fingerprint density at radius 3 is 2.88 bits per heavy atom. The topological polar surface area (TPSA) is 121 Å². The van der Waals surface area contributed by atoms with Gasteiger partial charge in [-0.1, -0.05) is 0 Å². The summed E-state index contributed by atoms with van der Waals surface area (Å²) in [5, 5.41) is 10.8. The first kappa shape index (κ1) is 16.2. The molecule has 9 nitrogen and oxygen atoms in total. The number of aliphatic hydroxyl groups is 1. The number of hydrogen-bond acceptors (Lipinski definition) is 6. The molecule has 1 saturated heterocycles. The Bertz CT molecular complexity index is 865. The van der Waals surface area contributed by atoms with Crippen LogP contribution in [-0.4, -0.2) is 49.1 Å². The van der Waals surface area contributed by atoms with Gasteiger partial charge >= 0.3 is 5.69 Å². The van der Waals surface area contributed by atoms with E-state index in [-0.39, 0.29) is 18.2 Å². The summed E-state index contributed by atoms with van der Waals surface area (Å²) >= 11 is 0. The van der Waals surface area contributed by atoms with Crippen molar-refractivity contribution in [3.63, 3.8) is 0 Å². The number of hydrogen-bond donors (Lipinski definition) is 2. The van der Waals surface area contributed by atoms with Crippen molar-refractivity contribution < 1.29 is 14.3 Å². The SMILES string of the molecule is Cc1cn([C@H]2CCN(C(=O)c3cnco3)C[C@]2(C)O)c(=O)[nH]c1=O. The number of oxazole rings is 1. The Morgan fingerprint density at radius 2 is 2.25 bits per heavy atom. The Balaban J connectivity index is 1.87. The molecule has 3 heterocycles. The lowest BCUT2D eigenvalue weighted by atomic mass is 9.88. The average Bonchev–Trinajstić information content (AvgIpc) is 3.04. The number of carbonyl (C=O) groups excluding carboxylic acids is 1. The van der Waals surface area contributed by atoms with Crippen LogP contribution in [0.15, 0.2) is 32.8 Å². The first-order valence-electron chi connectivity index (χ1n) is 7.52. The van der Waals surface area contributed by atoms with Crippen LogP contribution in [0.4, 0.5) is 0 Å². The van der Waals surface area contributed by atoms with Crippen molar-refractivity contribution in [1.29, 1.82) is 0 Å². The van der Waals surface area contributed by atoms with Gasteiger partial charge in [0.15, 0.2) is 6.39 Å². The highest BCUT2D eigenvalue weighted by atomic mass is 16.3. The number of aromatic amines is 1. The van der Waals surface area contributed by atoms with Gasteiger partial charge < -0.3 is 14.4 Å². The van der Waals surface area contributed by atoms with Gasteiger partial charge in [-0.05, 0) is 20.3 Å². The van der Waals surface area contributed by atoms with Gasteiger partial charge in [-0.3, -0.25) is 19.1 Å². The number of carbonyl (C=O) groups is 1. The van der Waals surface area contributed by atoms with Crippen LogP contribution in [-0.2, 0) is 0 Å². The minimum absolute atomic E-state index is 0.0296. The van der Waals surface area contributed by atoms with Crippen molar-refractivity contribution >= 4 is 5.91 Å². The molecular weight excluding hydrogens is 316 g/mol. The van der Waals surface area contributed by atoms with E-state index >= 15 is 0 Å². The maximum Gasteiger partial charge on any atom is 0.328 e. The summed E-state index contributed by atoms with van der Waals surface area (Å²) in [7, 11) is 0. The number of aryl methyl sites for hydroxylation is 1. The van der Waals surface area contributed by atoms with Crippen LogP contribution in [0.1, 0.15) is 35.5 Å². The largest absolute Gasteiger partial charge is 0.438 e. The van der Waals surface area contributed by atoms with Gasteiger partial charge in [-0.15, -0.1) is 0 Å². The maximum atomic E-state index is 12.3. The molecule has 3 rings (SSSR count). The number of nitrogens with one attached hydrogen (secondary N) is 1. The molecule has 1 aliphatic heterocycles. The van der Waals surface area contributed by atoms with Crippen LogP contribution in [0.25, 0.3) is 0 Å². The van der Waals surface area contributed by atoms with E-state index in [4.69, 9.17) is 4.42 Å². The van der Waals surface area contributed by atoms with Crippen LogP contribution < -0.4 is 11.2 Å². The summed E-state index contributed by atoms with van der Waals surface area (Å²) in [5.41, 5.74) is -1.99. The highest BCUT2D eigenvalue weighted by molar-refractivity contribution is 5.91. The van der Waals surface area contributed by atoms with Crippen LogP contribution >= 0.6 is 0 Å². The number of β-amino-alcohol motifs (C(OH)–C–C–N with tert-alkyl or cyclic N) is 1. The fourth-order valence-electron chi connectivity index (χ4n) is 3.07. The molecule has 0 saturated carbocycles. The Kier molecular flexibility index (Phi) is 3.88. The van der Waals surface area contributed by atoms with E-state index in [1.807, 2.05) is 0 Å². The lowest BCUT2D eigenvalue weighted by Gasteiger charge is -2.43. The third kappa shape index (κ3) is 2.78. The molecule has 2 atom stereocenters. The second kappa shape index (κ2) is 5.75. The van der Waals surface area contributed by atoms with Gasteiger partial charge in [0.1, 0.15) is 5.60 Å². The fraction of sp³-hybridized carbons (Fsp3) is 0.467. The van der Waals surface area contributed by atoms with E-state index in [1.165, 1.54) is 28.3 Å². The van der Waals surface area contributed by atoms with Gasteiger partial charge in [-0.25, -0.2) is 9.78 Å². The molecule has 1 fully saturated rings. The number of piperidine rings is 1. The summed E-state index contributed by atoms with van der Waals surface area (Å²) in [4.78, 5) is 43.3. The highest BCUT2D eigenvalue weighted by Gasteiger charge is 2.41. The van der Waals surface area contributed by atoms with Gasteiger partial charge in [-0.2, -0.15) is 0 Å². The second-order valence-corrected chi connectivity index (χ2v) is 6.23. The summed E-state index contributed by atoms with van der Waals surface area (Å²) in [6.07, 6.45) is 4.28. The normalized spacial score (nSPS) is 24.1. The van der Waals surface area contributed by atoms with Crippen molar-refractivity contribution in [1.82, 2.24) is 19.4 Å². The predicted molar refractivity (Wildman–Crippen MR) is 82.7 cm³/mol. The molecule has 24 heavy (non-hydrogen) atoms. The molecule has 2 N–H and O–H groups in total. The Morgan fingerprint density at radius 1 is 1.50 bits per heavy atom. The zero-order valence-electron chi connectivity index (χ0n) is 13.4. The first-order valence-corrected chi connectivity index (χ1v) is 7.52. The summed E-state index contributed by atoms with van der Waals surface area (Å²) in [6, 6.07) is -0.556. The van der Waals surface area contributed by atoms with Gasteiger partial charge in [0.25, 0.3) is 11.5 Å². The van der Waals surface area contributed by atoms with Crippen LogP contribution in [0, 0.1) is 6.92 Å². The minimum Gasteiger partial charge on any atom is -0.438 e. The zero-order valence-corrected chi connectivity index (χ0v) is 13.4. The molecule has 2 aromatic rings. The number of likely N-dealkylation sites (tertiary alicyclic amines) is 1. The van der Waals surface area contributed by atoms with Crippen molar-refractivity contribution in [3.05, 3.63) is 50.9 Å². The molecular formula is C15H18N4O5. The van der Waals surface area contributed by atoms with Gasteiger partial charge in [0.05, 0.1) is 18.8 Å². The molecule has 128 valence electrons. The number of H-pyrrole nitrogens is 1. The minimum atomic E-state index is -1.34. The van der Waals surface area contributed by atoms with E-state index in [2.05, 4.69) is 9.97 Å². The monoisotopic (exact) mass is 334 g/mol. The van der Waals surface area contributed by atoms with Crippen LogP contribution in [0.3, 0.4) is 0 Å². The third-order valence-corrected chi connectivity index (χ3v) is 4.31. The smallest absolute Gasteiger partial charge is 0.328 e. The Hall–Kier alpha value is -2.68. The molecule has 0 radical (unpaired) electrons. The molecule has 1 amide bonds. The van der Waals surface area contributed by atoms with E-state index in [0.717, 1.165) is 0 Å². The first-order chi connectivity index (χ1) is 11.3. The molecule has 9 heteroatoms. The summed E-state index contributed by atoms with van der Waals surface area (Å²) in [6.45, 7) is 3.52. The third-order valence-electron chi connectivity index (χ3n) is 4.31. The lowest BCUT2D eigenvalue weighted by molar-refractivity contribution is -0.0510. The number of nitrogens with zero attached hydrogens (tertiary/aromatic N) is 3. The van der Waals surface area contributed by atoms with Crippen molar-refractivity contribution in [3.8, 4) is 0 Å². The van der Waals surface area contributed by atoms with Crippen LogP contribution in [0.2, 0.25) is 0 Å². The molecule has 0 aromatic carbocycles. The van der Waals surface area contributed by atoms with Crippen molar-refractivity contribution in [2.45, 2.75) is 31.9 Å².